The zero-order valence-electron chi connectivity index (χ0n) is 13.2. The van der Waals surface area contributed by atoms with E-state index in [9.17, 15) is 0 Å². The van der Waals surface area contributed by atoms with Crippen molar-refractivity contribution in [3.63, 3.8) is 0 Å². The molecule has 2 saturated heterocycles. The molecule has 4 nitrogen and oxygen atoms in total. The lowest BCUT2D eigenvalue weighted by molar-refractivity contribution is 0.132. The Morgan fingerprint density at radius 1 is 1.08 bits per heavy atom. The van der Waals surface area contributed by atoms with Gasteiger partial charge in [-0.3, -0.25) is 0 Å². The fourth-order valence-electron chi connectivity index (χ4n) is 3.70. The molecule has 1 aromatic carbocycles. The third-order valence-corrected chi connectivity index (χ3v) is 5.01. The first-order valence-corrected chi connectivity index (χ1v) is 8.65. The van der Waals surface area contributed by atoms with Crippen molar-refractivity contribution in [1.29, 1.82) is 0 Å². The quantitative estimate of drug-likeness (QED) is 0.655. The summed E-state index contributed by atoms with van der Waals surface area (Å²) in [5, 5.41) is 4.04. The number of nitrogens with zero attached hydrogens (tertiary/aromatic N) is 2. The van der Waals surface area contributed by atoms with Crippen LogP contribution in [0.1, 0.15) is 25.7 Å². The van der Waals surface area contributed by atoms with Crippen molar-refractivity contribution in [1.82, 2.24) is 10.3 Å². The maximum atomic E-state index is 7.04. The number of nitrogens with one attached hydrogen (secondary N) is 1. The summed E-state index contributed by atoms with van der Waals surface area (Å²) in [6, 6.07) is 12.4. The number of piperidine rings is 1. The van der Waals surface area contributed by atoms with Crippen molar-refractivity contribution in [2.75, 3.05) is 0 Å². The molecule has 24 heavy (non-hydrogen) atoms. The Morgan fingerprint density at radius 3 is 2.46 bits per heavy atom. The molecule has 3 atom stereocenters. The first-order valence-electron chi connectivity index (χ1n) is 8.28. The number of halogens is 1. The average Bonchev–Trinajstić information content (AvgIpc) is 2.93. The van der Waals surface area contributed by atoms with Gasteiger partial charge in [0.05, 0.1) is 6.57 Å². The number of pyridine rings is 1. The van der Waals surface area contributed by atoms with E-state index in [2.05, 4.69) is 15.1 Å². The van der Waals surface area contributed by atoms with Gasteiger partial charge < -0.3 is 10.1 Å². The van der Waals surface area contributed by atoms with Gasteiger partial charge in [0.25, 0.3) is 0 Å². The van der Waals surface area contributed by atoms with Gasteiger partial charge in [-0.05, 0) is 42.9 Å². The highest BCUT2D eigenvalue weighted by atomic mass is 35.5. The molecule has 1 aromatic heterocycles. The number of hydrogen-bond acceptors (Lipinski definition) is 3. The van der Waals surface area contributed by atoms with Gasteiger partial charge in [0.2, 0.25) is 5.88 Å². The van der Waals surface area contributed by atoms with E-state index in [0.29, 0.717) is 28.8 Å². The van der Waals surface area contributed by atoms with Crippen LogP contribution in [0.4, 0.5) is 5.69 Å². The molecule has 1 N–H and O–H groups in total. The molecule has 2 bridgehead atoms. The van der Waals surface area contributed by atoms with Gasteiger partial charge in [0, 0.05) is 18.2 Å². The lowest BCUT2D eigenvalue weighted by atomic mass is 10.0. The lowest BCUT2D eigenvalue weighted by Gasteiger charge is -2.29. The number of fused-ring (bicyclic) bond motifs is 2. The topological polar surface area (TPSA) is 38.5 Å². The molecule has 0 aliphatic carbocycles. The molecule has 2 fully saturated rings. The van der Waals surface area contributed by atoms with Crippen LogP contribution in [0, 0.1) is 6.57 Å². The minimum atomic E-state index is 0.201. The fraction of sp³-hybridized carbons (Fsp3) is 0.368. The second-order valence-corrected chi connectivity index (χ2v) is 6.91. The third-order valence-electron chi connectivity index (χ3n) is 4.82. The minimum absolute atomic E-state index is 0.201. The normalized spacial score (nSPS) is 25.2. The monoisotopic (exact) mass is 339 g/mol. The van der Waals surface area contributed by atoms with Crippen LogP contribution in [-0.4, -0.2) is 23.2 Å². The molecule has 0 amide bonds. The van der Waals surface area contributed by atoms with E-state index >= 15 is 0 Å². The minimum Gasteiger partial charge on any atom is -0.474 e. The number of ether oxygens (including phenoxy) is 1. The van der Waals surface area contributed by atoms with E-state index < -0.39 is 0 Å². The number of aromatic nitrogens is 1. The molecule has 122 valence electrons. The fourth-order valence-corrected chi connectivity index (χ4v) is 3.90. The Hall–Kier alpha value is -2.09. The molecule has 0 spiro atoms. The molecule has 0 saturated carbocycles. The van der Waals surface area contributed by atoms with Crippen LogP contribution in [0.5, 0.6) is 5.88 Å². The maximum Gasteiger partial charge on any atom is 0.215 e. The van der Waals surface area contributed by atoms with Crippen LogP contribution < -0.4 is 10.1 Å². The van der Waals surface area contributed by atoms with E-state index in [1.807, 2.05) is 36.4 Å². The second kappa shape index (κ2) is 6.43. The highest BCUT2D eigenvalue weighted by Gasteiger charge is 2.34. The number of benzene rings is 1. The molecular weight excluding hydrogens is 322 g/mol. The van der Waals surface area contributed by atoms with Crippen molar-refractivity contribution < 1.29 is 4.74 Å². The van der Waals surface area contributed by atoms with Crippen LogP contribution in [0.15, 0.2) is 36.4 Å². The maximum absolute atomic E-state index is 7.04. The van der Waals surface area contributed by atoms with Crippen molar-refractivity contribution in [3.05, 3.63) is 53.0 Å². The largest absolute Gasteiger partial charge is 0.474 e. The zero-order valence-corrected chi connectivity index (χ0v) is 14.0. The molecule has 2 aliphatic rings. The van der Waals surface area contributed by atoms with E-state index in [4.69, 9.17) is 22.9 Å². The Kier molecular flexibility index (Phi) is 4.13. The third kappa shape index (κ3) is 3.24. The van der Waals surface area contributed by atoms with Crippen LogP contribution >= 0.6 is 11.6 Å². The Balaban J connectivity index is 1.55. The molecular formula is C19H18ClN3O. The Morgan fingerprint density at radius 2 is 1.79 bits per heavy atom. The van der Waals surface area contributed by atoms with Gasteiger partial charge in [0.15, 0.2) is 5.69 Å². The lowest BCUT2D eigenvalue weighted by Crippen LogP contribution is -2.42. The van der Waals surface area contributed by atoms with Crippen LogP contribution in [0.25, 0.3) is 16.0 Å². The number of rotatable bonds is 3. The average molecular weight is 340 g/mol. The summed E-state index contributed by atoms with van der Waals surface area (Å²) in [4.78, 5) is 7.75. The van der Waals surface area contributed by atoms with Crippen LogP contribution in [-0.2, 0) is 0 Å². The standard InChI is InChI=1S/C19H18ClN3O/c1-21-14-4-2-12(3-5-14)13-8-18(20)23-19(9-13)24-17-10-15-6-7-16(11-17)22-15/h2-5,8-9,15-17,22H,6-7,10-11H2/t15-,16+,17?. The van der Waals surface area contributed by atoms with Gasteiger partial charge in [-0.15, -0.1) is 0 Å². The van der Waals surface area contributed by atoms with Crippen molar-refractivity contribution in [2.24, 2.45) is 0 Å². The summed E-state index contributed by atoms with van der Waals surface area (Å²) >= 11 is 6.19. The van der Waals surface area contributed by atoms with Crippen LogP contribution in [0.2, 0.25) is 5.15 Å². The van der Waals surface area contributed by atoms with Crippen molar-refractivity contribution in [3.8, 4) is 17.0 Å². The highest BCUT2D eigenvalue weighted by Crippen LogP contribution is 2.32. The molecule has 2 aliphatic heterocycles. The van der Waals surface area contributed by atoms with E-state index in [-0.39, 0.29) is 6.10 Å². The van der Waals surface area contributed by atoms with Gasteiger partial charge in [-0.25, -0.2) is 9.83 Å². The van der Waals surface area contributed by atoms with Gasteiger partial charge in [-0.1, -0.05) is 35.9 Å². The number of hydrogen-bond donors (Lipinski definition) is 1. The summed E-state index contributed by atoms with van der Waals surface area (Å²) in [6.07, 6.45) is 4.74. The summed E-state index contributed by atoms with van der Waals surface area (Å²) < 4.78 is 6.14. The van der Waals surface area contributed by atoms with Crippen LogP contribution in [0.3, 0.4) is 0 Å². The van der Waals surface area contributed by atoms with Crippen molar-refractivity contribution >= 4 is 17.3 Å². The zero-order chi connectivity index (χ0) is 16.5. The highest BCUT2D eigenvalue weighted by molar-refractivity contribution is 6.29. The summed E-state index contributed by atoms with van der Waals surface area (Å²) in [7, 11) is 0. The molecule has 2 aromatic rings. The Labute approximate surface area is 146 Å². The van der Waals surface area contributed by atoms with E-state index in [0.717, 1.165) is 24.0 Å². The summed E-state index contributed by atoms with van der Waals surface area (Å²) in [6.45, 7) is 7.04. The molecule has 1 unspecified atom stereocenters. The Bertz CT molecular complexity index is 772. The molecule has 5 heteroatoms. The summed E-state index contributed by atoms with van der Waals surface area (Å²) in [5.41, 5.74) is 2.58. The smallest absolute Gasteiger partial charge is 0.215 e. The van der Waals surface area contributed by atoms with Gasteiger partial charge in [-0.2, -0.15) is 0 Å². The SMILES string of the molecule is [C-]#[N+]c1ccc(-c2cc(Cl)nc(OC3C[C@H]4CC[C@@H](C3)N4)c2)cc1. The second-order valence-electron chi connectivity index (χ2n) is 6.52. The molecule has 3 heterocycles. The first-order chi connectivity index (χ1) is 11.7. The first kappa shape index (κ1) is 15.4. The van der Waals surface area contributed by atoms with E-state index in [1.165, 1.54) is 12.8 Å². The van der Waals surface area contributed by atoms with Gasteiger partial charge in [0.1, 0.15) is 11.3 Å². The molecule has 0 radical (unpaired) electrons. The summed E-state index contributed by atoms with van der Waals surface area (Å²) in [5.74, 6) is 0.582. The molecule has 4 rings (SSSR count). The van der Waals surface area contributed by atoms with E-state index in [1.54, 1.807) is 0 Å². The van der Waals surface area contributed by atoms with Crippen molar-refractivity contribution in [2.45, 2.75) is 43.9 Å². The predicted octanol–water partition coefficient (Wildman–Crippen LogP) is 4.61. The van der Waals surface area contributed by atoms with Gasteiger partial charge >= 0.3 is 0 Å². The predicted molar refractivity (Wildman–Crippen MR) is 94.5 cm³/mol.